The third-order valence-corrected chi connectivity index (χ3v) is 5.55. The first-order valence-corrected chi connectivity index (χ1v) is 8.37. The molecule has 0 bridgehead atoms. The largest absolute Gasteiger partial charge is 0.324 e. The van der Waals surface area contributed by atoms with Crippen molar-refractivity contribution in [3.8, 4) is 0 Å². The molecule has 0 saturated carbocycles. The van der Waals surface area contributed by atoms with Gasteiger partial charge in [-0.25, -0.2) is 0 Å². The topological polar surface area (TPSA) is 119 Å². The third-order valence-electron chi connectivity index (χ3n) is 5.55. The highest BCUT2D eigenvalue weighted by atomic mass is 16.6. The SMILES string of the molecule is CN1C[C@H](c2cccc([N+](=O)[O-])c2)[C@H]([N+](=O)[O-])[C@@]12C(=O)Nc1ccccc12. The number of non-ortho nitro benzene ring substituents is 1. The van der Waals surface area contributed by atoms with E-state index in [9.17, 15) is 25.0 Å². The molecule has 1 saturated heterocycles. The van der Waals surface area contributed by atoms with Gasteiger partial charge < -0.3 is 5.32 Å². The van der Waals surface area contributed by atoms with Gasteiger partial charge in [0.1, 0.15) is 0 Å². The molecule has 0 aliphatic carbocycles. The van der Waals surface area contributed by atoms with Crippen molar-refractivity contribution in [1.29, 1.82) is 0 Å². The molecule has 1 spiro atoms. The number of carbonyl (C=O) groups excluding carboxylic acids is 1. The second-order valence-electron chi connectivity index (χ2n) is 6.84. The predicted molar refractivity (Wildman–Crippen MR) is 96.0 cm³/mol. The highest BCUT2D eigenvalue weighted by molar-refractivity contribution is 6.06. The molecule has 138 valence electrons. The first-order chi connectivity index (χ1) is 12.9. The Balaban J connectivity index is 1.89. The van der Waals surface area contributed by atoms with Crippen molar-refractivity contribution in [2.24, 2.45) is 0 Å². The van der Waals surface area contributed by atoms with Gasteiger partial charge >= 0.3 is 0 Å². The minimum Gasteiger partial charge on any atom is -0.324 e. The number of hydrogen-bond acceptors (Lipinski definition) is 6. The van der Waals surface area contributed by atoms with E-state index >= 15 is 0 Å². The minimum atomic E-state index is -1.45. The van der Waals surface area contributed by atoms with E-state index in [0.717, 1.165) is 0 Å². The lowest BCUT2D eigenvalue weighted by Gasteiger charge is -2.30. The van der Waals surface area contributed by atoms with Crippen LogP contribution in [0.4, 0.5) is 11.4 Å². The Morgan fingerprint density at radius 2 is 1.89 bits per heavy atom. The molecule has 9 nitrogen and oxygen atoms in total. The van der Waals surface area contributed by atoms with E-state index in [4.69, 9.17) is 0 Å². The zero-order chi connectivity index (χ0) is 19.3. The molecule has 9 heteroatoms. The van der Waals surface area contributed by atoms with E-state index in [1.807, 2.05) is 0 Å². The van der Waals surface area contributed by atoms with E-state index in [2.05, 4.69) is 5.32 Å². The molecule has 2 aliphatic rings. The van der Waals surface area contributed by atoms with Crippen LogP contribution in [0.2, 0.25) is 0 Å². The van der Waals surface area contributed by atoms with Gasteiger partial charge in [-0.15, -0.1) is 0 Å². The lowest BCUT2D eigenvalue weighted by Crippen LogP contribution is -2.54. The summed E-state index contributed by atoms with van der Waals surface area (Å²) >= 11 is 0. The second-order valence-corrected chi connectivity index (χ2v) is 6.84. The maximum Gasteiger partial charge on any atom is 0.269 e. The number of benzene rings is 2. The lowest BCUT2D eigenvalue weighted by molar-refractivity contribution is -0.534. The summed E-state index contributed by atoms with van der Waals surface area (Å²) in [7, 11) is 1.68. The van der Waals surface area contributed by atoms with Crippen molar-refractivity contribution in [1.82, 2.24) is 4.90 Å². The van der Waals surface area contributed by atoms with Crippen molar-refractivity contribution in [2.75, 3.05) is 18.9 Å². The van der Waals surface area contributed by atoms with Gasteiger partial charge in [0, 0.05) is 34.9 Å². The number of carbonyl (C=O) groups is 1. The first kappa shape index (κ1) is 17.1. The van der Waals surface area contributed by atoms with Gasteiger partial charge in [-0.2, -0.15) is 0 Å². The fourth-order valence-corrected chi connectivity index (χ4v) is 4.45. The summed E-state index contributed by atoms with van der Waals surface area (Å²) in [5, 5.41) is 26.0. The summed E-state index contributed by atoms with van der Waals surface area (Å²) in [6, 6.07) is 11.5. The highest BCUT2D eigenvalue weighted by Gasteiger charge is 2.68. The number of para-hydroxylation sites is 1. The Hall–Kier alpha value is -3.33. The van der Waals surface area contributed by atoms with Gasteiger partial charge in [0.05, 0.1) is 10.8 Å². The van der Waals surface area contributed by atoms with Crippen molar-refractivity contribution in [2.45, 2.75) is 17.5 Å². The van der Waals surface area contributed by atoms with E-state index in [1.54, 1.807) is 42.3 Å². The van der Waals surface area contributed by atoms with Gasteiger partial charge in [0.25, 0.3) is 17.6 Å². The van der Waals surface area contributed by atoms with Crippen LogP contribution >= 0.6 is 0 Å². The van der Waals surface area contributed by atoms with Gasteiger partial charge in [-0.05, 0) is 18.7 Å². The van der Waals surface area contributed by atoms with Gasteiger partial charge in [-0.3, -0.25) is 29.9 Å². The van der Waals surface area contributed by atoms with Crippen LogP contribution in [0, 0.1) is 20.2 Å². The number of nitrogens with zero attached hydrogens (tertiary/aromatic N) is 3. The lowest BCUT2D eigenvalue weighted by atomic mass is 9.79. The smallest absolute Gasteiger partial charge is 0.269 e. The Morgan fingerprint density at radius 1 is 1.15 bits per heavy atom. The van der Waals surface area contributed by atoms with Gasteiger partial charge in [0.2, 0.25) is 0 Å². The molecule has 1 fully saturated rings. The average molecular weight is 368 g/mol. The molecule has 1 N–H and O–H groups in total. The van der Waals surface area contributed by atoms with Crippen molar-refractivity contribution in [3.63, 3.8) is 0 Å². The number of amides is 1. The molecule has 0 aromatic heterocycles. The summed E-state index contributed by atoms with van der Waals surface area (Å²) < 4.78 is 0. The maximum absolute atomic E-state index is 13.0. The molecule has 0 radical (unpaired) electrons. The Labute approximate surface area is 153 Å². The summed E-state index contributed by atoms with van der Waals surface area (Å²) in [6.45, 7) is 0.231. The quantitative estimate of drug-likeness (QED) is 0.655. The number of nitro groups is 2. The van der Waals surface area contributed by atoms with E-state index in [-0.39, 0.29) is 12.2 Å². The molecule has 2 heterocycles. The van der Waals surface area contributed by atoms with E-state index in [0.29, 0.717) is 16.8 Å². The monoisotopic (exact) mass is 368 g/mol. The van der Waals surface area contributed by atoms with Crippen LogP contribution in [0.3, 0.4) is 0 Å². The molecule has 1 amide bonds. The normalized spacial score (nSPS) is 26.8. The van der Waals surface area contributed by atoms with E-state index in [1.165, 1.54) is 18.2 Å². The zero-order valence-corrected chi connectivity index (χ0v) is 14.4. The first-order valence-electron chi connectivity index (χ1n) is 8.37. The van der Waals surface area contributed by atoms with Crippen LogP contribution in [0.15, 0.2) is 48.5 Å². The summed E-state index contributed by atoms with van der Waals surface area (Å²) in [5.74, 6) is -1.11. The molecule has 0 unspecified atom stereocenters. The fourth-order valence-electron chi connectivity index (χ4n) is 4.45. The number of nitro benzene ring substituents is 1. The molecular weight excluding hydrogens is 352 g/mol. The van der Waals surface area contributed by atoms with Crippen LogP contribution in [0.25, 0.3) is 0 Å². The molecule has 2 aromatic carbocycles. The second kappa shape index (κ2) is 5.85. The molecular formula is C18H16N4O5. The van der Waals surface area contributed by atoms with Crippen LogP contribution in [-0.2, 0) is 10.3 Å². The van der Waals surface area contributed by atoms with Crippen LogP contribution in [0.5, 0.6) is 0 Å². The van der Waals surface area contributed by atoms with Gasteiger partial charge in [-0.1, -0.05) is 30.3 Å². The number of likely N-dealkylation sites (tertiary alicyclic amines) is 1. The van der Waals surface area contributed by atoms with Gasteiger partial charge in [0.15, 0.2) is 5.54 Å². The molecule has 4 rings (SSSR count). The molecule has 2 aliphatic heterocycles. The number of anilines is 1. The molecule has 3 atom stereocenters. The van der Waals surface area contributed by atoms with Crippen molar-refractivity contribution < 1.29 is 14.6 Å². The Bertz CT molecular complexity index is 978. The summed E-state index contributed by atoms with van der Waals surface area (Å²) in [6.07, 6.45) is 0. The number of rotatable bonds is 3. The summed E-state index contributed by atoms with van der Waals surface area (Å²) in [4.78, 5) is 36.9. The van der Waals surface area contributed by atoms with E-state index < -0.39 is 33.3 Å². The Morgan fingerprint density at radius 3 is 2.59 bits per heavy atom. The zero-order valence-electron chi connectivity index (χ0n) is 14.4. The van der Waals surface area contributed by atoms with Crippen molar-refractivity contribution in [3.05, 3.63) is 79.9 Å². The van der Waals surface area contributed by atoms with Crippen molar-refractivity contribution >= 4 is 17.3 Å². The number of hydrogen-bond donors (Lipinski definition) is 1. The number of nitrogens with one attached hydrogen (secondary N) is 1. The minimum absolute atomic E-state index is 0.130. The van der Waals surface area contributed by atoms with Crippen LogP contribution in [0.1, 0.15) is 17.0 Å². The van der Waals surface area contributed by atoms with Crippen LogP contribution < -0.4 is 5.32 Å². The Kier molecular flexibility index (Phi) is 3.70. The molecule has 27 heavy (non-hydrogen) atoms. The predicted octanol–water partition coefficient (Wildman–Crippen LogP) is 2.12. The number of fused-ring (bicyclic) bond motifs is 2. The van der Waals surface area contributed by atoms with Crippen LogP contribution in [-0.4, -0.2) is 40.3 Å². The average Bonchev–Trinajstić information content (AvgIpc) is 3.11. The number of likely N-dealkylation sites (N-methyl/N-ethyl adjacent to an activating group) is 1. The third kappa shape index (κ3) is 2.25. The standard InChI is InChI=1S/C18H16N4O5/c1-20-10-13(11-5-4-6-12(9-11)21(24)25)16(22(26)27)18(20)14-7-2-3-8-15(14)19-17(18)23/h2-9,13,16H,10H2,1H3,(H,19,23)/t13-,16+,18+/m1/s1. The fraction of sp³-hybridized carbons (Fsp3) is 0.278. The summed E-state index contributed by atoms with van der Waals surface area (Å²) in [5.41, 5.74) is 0.0179. The highest BCUT2D eigenvalue weighted by Crippen LogP contribution is 2.52. The maximum atomic E-state index is 13.0. The molecule has 2 aromatic rings.